The molecule has 21 heavy (non-hydrogen) atoms. The highest BCUT2D eigenvalue weighted by Gasteiger charge is 2.40. The molecule has 2 fully saturated rings. The fourth-order valence-corrected chi connectivity index (χ4v) is 3.64. The van der Waals surface area contributed by atoms with Crippen LogP contribution in [0, 0.1) is 0 Å². The van der Waals surface area contributed by atoms with Crippen LogP contribution in [-0.4, -0.2) is 42.1 Å². The van der Waals surface area contributed by atoms with Crippen LogP contribution in [0.15, 0.2) is 30.3 Å². The van der Waals surface area contributed by atoms with Gasteiger partial charge in [0, 0.05) is 25.0 Å². The lowest BCUT2D eigenvalue weighted by atomic mass is 9.93. The second-order valence-corrected chi connectivity index (χ2v) is 6.14. The first kappa shape index (κ1) is 14.5. The molecule has 3 rings (SSSR count). The quantitative estimate of drug-likeness (QED) is 0.924. The maximum absolute atomic E-state index is 12.7. The van der Waals surface area contributed by atoms with Gasteiger partial charge in [0.1, 0.15) is 6.10 Å². The third kappa shape index (κ3) is 2.83. The van der Waals surface area contributed by atoms with Gasteiger partial charge in [-0.1, -0.05) is 30.3 Å². The average Bonchev–Trinajstić information content (AvgIpc) is 3.14. The zero-order chi connectivity index (χ0) is 14.8. The lowest BCUT2D eigenvalue weighted by Gasteiger charge is -2.27. The number of ether oxygens (including phenoxy) is 1. The Hall–Kier alpha value is -1.39. The van der Waals surface area contributed by atoms with Crippen LogP contribution in [0.2, 0.25) is 0 Å². The van der Waals surface area contributed by atoms with Gasteiger partial charge in [-0.15, -0.1) is 0 Å². The first-order chi connectivity index (χ1) is 10.2. The molecule has 0 radical (unpaired) electrons. The third-order valence-corrected chi connectivity index (χ3v) is 4.91. The molecule has 0 aliphatic carbocycles. The Morgan fingerprint density at radius 3 is 2.71 bits per heavy atom. The predicted octanol–water partition coefficient (Wildman–Crippen LogP) is 1.90. The molecule has 0 aromatic heterocycles. The Labute approximate surface area is 126 Å². The second kappa shape index (κ2) is 6.16. The number of rotatable bonds is 3. The van der Waals surface area contributed by atoms with E-state index in [9.17, 15) is 4.79 Å². The van der Waals surface area contributed by atoms with Crippen molar-refractivity contribution in [2.75, 3.05) is 13.1 Å². The molecule has 2 aliphatic heterocycles. The Morgan fingerprint density at radius 2 is 2.05 bits per heavy atom. The number of amides is 1. The highest BCUT2D eigenvalue weighted by molar-refractivity contribution is 5.82. The molecule has 1 aromatic carbocycles. The smallest absolute Gasteiger partial charge is 0.251 e. The zero-order valence-corrected chi connectivity index (χ0v) is 12.6. The summed E-state index contributed by atoms with van der Waals surface area (Å²) in [4.78, 5) is 14.7. The van der Waals surface area contributed by atoms with Gasteiger partial charge >= 0.3 is 0 Å². The zero-order valence-electron chi connectivity index (χ0n) is 12.6. The number of nitrogens with two attached hydrogens (primary N) is 1. The van der Waals surface area contributed by atoms with E-state index in [2.05, 4.69) is 31.2 Å². The molecule has 2 saturated heterocycles. The molecule has 4 heteroatoms. The number of carbonyl (C=O) groups excluding carboxylic acids is 1. The van der Waals surface area contributed by atoms with Gasteiger partial charge in [-0.25, -0.2) is 0 Å². The summed E-state index contributed by atoms with van der Waals surface area (Å²) in [6.45, 7) is 3.48. The minimum atomic E-state index is -0.282. The molecule has 114 valence electrons. The highest BCUT2D eigenvalue weighted by Crippen LogP contribution is 2.34. The fraction of sp³-hybridized carbons (Fsp3) is 0.588. The summed E-state index contributed by atoms with van der Waals surface area (Å²) in [6, 6.07) is 10.7. The minimum absolute atomic E-state index is 0.0572. The summed E-state index contributed by atoms with van der Waals surface area (Å²) >= 11 is 0. The van der Waals surface area contributed by atoms with Crippen LogP contribution in [0.25, 0.3) is 0 Å². The van der Waals surface area contributed by atoms with E-state index in [1.165, 1.54) is 5.56 Å². The monoisotopic (exact) mass is 288 g/mol. The van der Waals surface area contributed by atoms with Gasteiger partial charge in [-0.3, -0.25) is 4.79 Å². The molecule has 2 heterocycles. The van der Waals surface area contributed by atoms with Crippen LogP contribution < -0.4 is 5.73 Å². The number of likely N-dealkylation sites (tertiary alicyclic amines) is 1. The van der Waals surface area contributed by atoms with E-state index in [0.717, 1.165) is 25.8 Å². The molecule has 4 nitrogen and oxygen atoms in total. The number of carbonyl (C=O) groups is 1. The summed E-state index contributed by atoms with van der Waals surface area (Å²) in [6.07, 6.45) is 2.51. The van der Waals surface area contributed by atoms with Crippen LogP contribution in [0.1, 0.15) is 37.7 Å². The largest absolute Gasteiger partial charge is 0.364 e. The number of nitrogens with zero attached hydrogens (tertiary/aromatic N) is 1. The molecule has 0 spiro atoms. The van der Waals surface area contributed by atoms with Crippen LogP contribution in [0.4, 0.5) is 0 Å². The Bertz CT molecular complexity index is 491. The predicted molar refractivity (Wildman–Crippen MR) is 81.9 cm³/mol. The first-order valence-electron chi connectivity index (χ1n) is 7.91. The van der Waals surface area contributed by atoms with E-state index in [-0.39, 0.29) is 24.2 Å². The van der Waals surface area contributed by atoms with Crippen LogP contribution in [-0.2, 0) is 9.53 Å². The Balaban J connectivity index is 1.66. The molecule has 4 atom stereocenters. The molecule has 1 amide bonds. The van der Waals surface area contributed by atoms with Crippen molar-refractivity contribution in [3.8, 4) is 0 Å². The van der Waals surface area contributed by atoms with Crippen molar-refractivity contribution in [3.05, 3.63) is 35.9 Å². The molecule has 0 saturated carbocycles. The summed E-state index contributed by atoms with van der Waals surface area (Å²) in [7, 11) is 0. The van der Waals surface area contributed by atoms with Crippen molar-refractivity contribution in [2.24, 2.45) is 5.73 Å². The molecular weight excluding hydrogens is 264 g/mol. The summed E-state index contributed by atoms with van der Waals surface area (Å²) in [5.41, 5.74) is 6.95. The summed E-state index contributed by atoms with van der Waals surface area (Å²) < 4.78 is 5.76. The maximum atomic E-state index is 12.7. The summed E-state index contributed by atoms with van der Waals surface area (Å²) in [5, 5.41) is 0. The number of hydrogen-bond acceptors (Lipinski definition) is 3. The van der Waals surface area contributed by atoms with Crippen molar-refractivity contribution in [1.29, 1.82) is 0 Å². The van der Waals surface area contributed by atoms with Crippen LogP contribution in [0.5, 0.6) is 0 Å². The lowest BCUT2D eigenvalue weighted by molar-refractivity contribution is -0.143. The van der Waals surface area contributed by atoms with E-state index < -0.39 is 0 Å². The van der Waals surface area contributed by atoms with E-state index in [1.807, 2.05) is 11.0 Å². The normalized spacial score (nSPS) is 32.6. The lowest BCUT2D eigenvalue weighted by Crippen LogP contribution is -2.42. The molecule has 2 N–H and O–H groups in total. The standard InChI is InChI=1S/C17H24N2O2/c1-12-15(13-5-3-2-4-6-13)9-10-19(12)17(20)16-8-7-14(11-18)21-16/h2-6,12,14-16H,7-11,18H2,1H3/t12?,14-,15?,16+/m1/s1. The average molecular weight is 288 g/mol. The van der Waals surface area contributed by atoms with E-state index in [0.29, 0.717) is 12.5 Å². The van der Waals surface area contributed by atoms with Gasteiger partial charge in [0.2, 0.25) is 0 Å². The van der Waals surface area contributed by atoms with E-state index >= 15 is 0 Å². The molecule has 2 aliphatic rings. The van der Waals surface area contributed by atoms with Crippen molar-refractivity contribution in [1.82, 2.24) is 4.90 Å². The van der Waals surface area contributed by atoms with Gasteiger partial charge in [-0.2, -0.15) is 0 Å². The van der Waals surface area contributed by atoms with Crippen molar-refractivity contribution < 1.29 is 9.53 Å². The van der Waals surface area contributed by atoms with Gasteiger partial charge in [0.05, 0.1) is 6.10 Å². The topological polar surface area (TPSA) is 55.6 Å². The molecule has 0 bridgehead atoms. The molecule has 2 unspecified atom stereocenters. The van der Waals surface area contributed by atoms with Crippen molar-refractivity contribution in [2.45, 2.75) is 50.4 Å². The van der Waals surface area contributed by atoms with E-state index in [4.69, 9.17) is 10.5 Å². The SMILES string of the molecule is CC1C(c2ccccc2)CCN1C(=O)[C@@H]1CC[C@H](CN)O1. The highest BCUT2D eigenvalue weighted by atomic mass is 16.5. The second-order valence-electron chi connectivity index (χ2n) is 6.14. The number of benzene rings is 1. The van der Waals surface area contributed by atoms with Gasteiger partial charge in [0.15, 0.2) is 0 Å². The first-order valence-corrected chi connectivity index (χ1v) is 7.91. The summed E-state index contributed by atoms with van der Waals surface area (Å²) in [5.74, 6) is 0.582. The van der Waals surface area contributed by atoms with Crippen LogP contribution in [0.3, 0.4) is 0 Å². The fourth-order valence-electron chi connectivity index (χ4n) is 3.64. The van der Waals surface area contributed by atoms with Crippen molar-refractivity contribution in [3.63, 3.8) is 0 Å². The van der Waals surface area contributed by atoms with Gasteiger partial charge in [0.25, 0.3) is 5.91 Å². The maximum Gasteiger partial charge on any atom is 0.251 e. The van der Waals surface area contributed by atoms with Crippen LogP contribution >= 0.6 is 0 Å². The Morgan fingerprint density at radius 1 is 1.29 bits per heavy atom. The van der Waals surface area contributed by atoms with E-state index in [1.54, 1.807) is 0 Å². The minimum Gasteiger partial charge on any atom is -0.364 e. The molecular formula is C17H24N2O2. The number of hydrogen-bond donors (Lipinski definition) is 1. The molecule has 1 aromatic rings. The van der Waals surface area contributed by atoms with Crippen molar-refractivity contribution >= 4 is 5.91 Å². The Kier molecular flexibility index (Phi) is 4.27. The van der Waals surface area contributed by atoms with Gasteiger partial charge in [-0.05, 0) is 31.7 Å². The van der Waals surface area contributed by atoms with Gasteiger partial charge < -0.3 is 15.4 Å². The third-order valence-electron chi connectivity index (χ3n) is 4.91.